The molecule has 0 aliphatic rings. The summed E-state index contributed by atoms with van der Waals surface area (Å²) in [4.78, 5) is 11.8. The van der Waals surface area contributed by atoms with Crippen LogP contribution in [0.15, 0.2) is 57.7 Å². The summed E-state index contributed by atoms with van der Waals surface area (Å²) in [7, 11) is 3.14. The van der Waals surface area contributed by atoms with Crippen molar-refractivity contribution in [1.82, 2.24) is 0 Å². The van der Waals surface area contributed by atoms with Gasteiger partial charge in [0.1, 0.15) is 5.76 Å². The highest BCUT2D eigenvalue weighted by atomic mass is 16.5. The van der Waals surface area contributed by atoms with Gasteiger partial charge in [-0.2, -0.15) is 0 Å². The summed E-state index contributed by atoms with van der Waals surface area (Å²) in [6.07, 6.45) is 0. The van der Waals surface area contributed by atoms with Crippen LogP contribution in [0.3, 0.4) is 0 Å². The summed E-state index contributed by atoms with van der Waals surface area (Å²) in [6.45, 7) is 0. The molecule has 0 spiro atoms. The molecule has 0 unspecified atom stereocenters. The first-order valence-corrected chi connectivity index (χ1v) is 6.48. The minimum absolute atomic E-state index is 0.395. The van der Waals surface area contributed by atoms with Gasteiger partial charge in [-0.05, 0) is 17.5 Å². The van der Waals surface area contributed by atoms with Crippen molar-refractivity contribution in [1.29, 1.82) is 0 Å². The van der Waals surface area contributed by atoms with E-state index in [0.29, 0.717) is 17.3 Å². The second kappa shape index (κ2) is 5.32. The van der Waals surface area contributed by atoms with Crippen LogP contribution in [-0.2, 0) is 0 Å². The van der Waals surface area contributed by atoms with Gasteiger partial charge in [0.25, 0.3) is 0 Å². The molecule has 0 atom stereocenters. The summed E-state index contributed by atoms with van der Waals surface area (Å²) in [5.74, 6) is 1.70. The minimum atomic E-state index is -0.395. The monoisotopic (exact) mass is 282 g/mol. The lowest BCUT2D eigenvalue weighted by Gasteiger charge is -2.11. The maximum atomic E-state index is 11.8. The van der Waals surface area contributed by atoms with Crippen LogP contribution in [0.4, 0.5) is 0 Å². The zero-order valence-corrected chi connectivity index (χ0v) is 11.8. The van der Waals surface area contributed by atoms with Crippen molar-refractivity contribution >= 4 is 10.8 Å². The van der Waals surface area contributed by atoms with E-state index in [1.807, 2.05) is 36.4 Å². The predicted octanol–water partition coefficient (Wildman–Crippen LogP) is 3.48. The summed E-state index contributed by atoms with van der Waals surface area (Å²) in [6, 6.07) is 14.5. The number of rotatable bonds is 3. The van der Waals surface area contributed by atoms with E-state index in [2.05, 4.69) is 0 Å². The molecule has 2 aromatic carbocycles. The van der Waals surface area contributed by atoms with Gasteiger partial charge < -0.3 is 13.9 Å². The largest absolute Gasteiger partial charge is 0.493 e. The number of fused-ring (bicyclic) bond motifs is 1. The van der Waals surface area contributed by atoms with Crippen molar-refractivity contribution < 1.29 is 13.9 Å². The third-order valence-corrected chi connectivity index (χ3v) is 3.31. The molecule has 0 saturated heterocycles. The fourth-order valence-electron chi connectivity index (χ4n) is 2.33. The molecule has 0 radical (unpaired) electrons. The zero-order chi connectivity index (χ0) is 14.8. The van der Waals surface area contributed by atoms with E-state index in [1.165, 1.54) is 6.07 Å². The highest BCUT2D eigenvalue weighted by Gasteiger charge is 2.13. The van der Waals surface area contributed by atoms with Crippen LogP contribution >= 0.6 is 0 Å². The van der Waals surface area contributed by atoms with Crippen molar-refractivity contribution in [2.75, 3.05) is 14.2 Å². The van der Waals surface area contributed by atoms with Crippen molar-refractivity contribution in [3.63, 3.8) is 0 Å². The normalized spacial score (nSPS) is 10.6. The van der Waals surface area contributed by atoms with Gasteiger partial charge in [-0.3, -0.25) is 0 Å². The molecule has 0 aliphatic heterocycles. The lowest BCUT2D eigenvalue weighted by atomic mass is 10.0. The van der Waals surface area contributed by atoms with Gasteiger partial charge in [0.05, 0.1) is 14.2 Å². The van der Waals surface area contributed by atoms with Gasteiger partial charge in [-0.15, -0.1) is 0 Å². The predicted molar refractivity (Wildman–Crippen MR) is 81.0 cm³/mol. The molecule has 4 heteroatoms. The van der Waals surface area contributed by atoms with Gasteiger partial charge in [0, 0.05) is 17.0 Å². The molecule has 106 valence electrons. The Bertz CT molecular complexity index is 835. The van der Waals surface area contributed by atoms with Crippen LogP contribution in [0.25, 0.3) is 22.1 Å². The Kier molecular flexibility index (Phi) is 3.36. The molecule has 0 saturated carbocycles. The Hall–Kier alpha value is -2.75. The van der Waals surface area contributed by atoms with Crippen LogP contribution in [0, 0.1) is 0 Å². The maximum absolute atomic E-state index is 11.8. The van der Waals surface area contributed by atoms with E-state index in [4.69, 9.17) is 13.9 Å². The van der Waals surface area contributed by atoms with Gasteiger partial charge in [0.15, 0.2) is 11.5 Å². The molecule has 0 amide bonds. The number of ether oxygens (including phenoxy) is 2. The van der Waals surface area contributed by atoms with Gasteiger partial charge >= 0.3 is 5.63 Å². The van der Waals surface area contributed by atoms with Gasteiger partial charge in [0.2, 0.25) is 0 Å². The van der Waals surface area contributed by atoms with Crippen molar-refractivity contribution in [3.05, 3.63) is 59.0 Å². The SMILES string of the molecule is COc1cc2cc(=O)oc(-c3ccccc3)c2cc1OC. The Morgan fingerprint density at radius 1 is 0.905 bits per heavy atom. The van der Waals surface area contributed by atoms with E-state index in [0.717, 1.165) is 16.3 Å². The van der Waals surface area contributed by atoms with Gasteiger partial charge in [-0.25, -0.2) is 4.79 Å². The highest BCUT2D eigenvalue weighted by Crippen LogP contribution is 2.36. The molecule has 0 bridgehead atoms. The van der Waals surface area contributed by atoms with Crippen LogP contribution in [0.5, 0.6) is 11.5 Å². The zero-order valence-electron chi connectivity index (χ0n) is 11.8. The van der Waals surface area contributed by atoms with E-state index in [-0.39, 0.29) is 0 Å². The average Bonchev–Trinajstić information content (AvgIpc) is 2.53. The number of benzene rings is 2. The lowest BCUT2D eigenvalue weighted by molar-refractivity contribution is 0.355. The highest BCUT2D eigenvalue weighted by molar-refractivity contribution is 5.95. The van der Waals surface area contributed by atoms with Crippen molar-refractivity contribution in [2.24, 2.45) is 0 Å². The summed E-state index contributed by atoms with van der Waals surface area (Å²) < 4.78 is 16.0. The number of hydrogen-bond acceptors (Lipinski definition) is 4. The topological polar surface area (TPSA) is 48.7 Å². The molecular weight excluding hydrogens is 268 g/mol. The fourth-order valence-corrected chi connectivity index (χ4v) is 2.33. The fraction of sp³-hybridized carbons (Fsp3) is 0.118. The Balaban J connectivity index is 2.37. The molecule has 1 aromatic heterocycles. The minimum Gasteiger partial charge on any atom is -0.493 e. The molecule has 0 N–H and O–H groups in total. The first kappa shape index (κ1) is 13.2. The first-order valence-electron chi connectivity index (χ1n) is 6.48. The smallest absolute Gasteiger partial charge is 0.336 e. The maximum Gasteiger partial charge on any atom is 0.336 e. The molecule has 3 rings (SSSR count). The molecular formula is C17H14O4. The van der Waals surface area contributed by atoms with Crippen LogP contribution < -0.4 is 15.1 Å². The van der Waals surface area contributed by atoms with Crippen LogP contribution in [0.1, 0.15) is 0 Å². The average molecular weight is 282 g/mol. The Morgan fingerprint density at radius 3 is 2.24 bits per heavy atom. The summed E-state index contributed by atoms with van der Waals surface area (Å²) in [5, 5.41) is 1.56. The summed E-state index contributed by atoms with van der Waals surface area (Å²) >= 11 is 0. The van der Waals surface area contributed by atoms with E-state index in [1.54, 1.807) is 20.3 Å². The van der Waals surface area contributed by atoms with Crippen molar-refractivity contribution in [2.45, 2.75) is 0 Å². The second-order valence-corrected chi connectivity index (χ2v) is 4.56. The summed E-state index contributed by atoms with van der Waals surface area (Å²) in [5.41, 5.74) is 0.445. The van der Waals surface area contributed by atoms with E-state index >= 15 is 0 Å². The van der Waals surface area contributed by atoms with E-state index < -0.39 is 5.63 Å². The van der Waals surface area contributed by atoms with Crippen molar-refractivity contribution in [3.8, 4) is 22.8 Å². The Morgan fingerprint density at radius 2 is 1.57 bits per heavy atom. The number of methoxy groups -OCH3 is 2. The third-order valence-electron chi connectivity index (χ3n) is 3.31. The molecule has 3 aromatic rings. The van der Waals surface area contributed by atoms with Crippen LogP contribution in [0.2, 0.25) is 0 Å². The molecule has 0 fully saturated rings. The third kappa shape index (κ3) is 2.36. The standard InChI is InChI=1S/C17H14O4/c1-19-14-8-12-9-16(18)21-17(11-6-4-3-5-7-11)13(12)10-15(14)20-2/h3-10H,1-2H3. The second-order valence-electron chi connectivity index (χ2n) is 4.56. The van der Waals surface area contributed by atoms with Gasteiger partial charge in [-0.1, -0.05) is 30.3 Å². The first-order chi connectivity index (χ1) is 10.2. The quantitative estimate of drug-likeness (QED) is 0.738. The molecule has 4 nitrogen and oxygen atoms in total. The molecule has 0 aliphatic carbocycles. The lowest BCUT2D eigenvalue weighted by Crippen LogP contribution is -1.99. The number of hydrogen-bond donors (Lipinski definition) is 0. The molecule has 1 heterocycles. The Labute approximate surface area is 121 Å². The van der Waals surface area contributed by atoms with E-state index in [9.17, 15) is 4.79 Å². The molecule has 21 heavy (non-hydrogen) atoms. The van der Waals surface area contributed by atoms with Crippen LogP contribution in [-0.4, -0.2) is 14.2 Å².